The lowest BCUT2D eigenvalue weighted by Crippen LogP contribution is -2.39. The van der Waals surface area contributed by atoms with Gasteiger partial charge in [-0.05, 0) is 52.0 Å². The van der Waals surface area contributed by atoms with E-state index in [2.05, 4.69) is 23.9 Å². The number of ether oxygens (including phenoxy) is 1. The van der Waals surface area contributed by atoms with E-state index in [1.807, 2.05) is 0 Å². The number of nitrogens with zero attached hydrogens (tertiary/aromatic N) is 3. The Hall–Kier alpha value is -1.66. The molecule has 0 aliphatic carbocycles. The van der Waals surface area contributed by atoms with Gasteiger partial charge in [0.05, 0.1) is 4.92 Å². The third-order valence-corrected chi connectivity index (χ3v) is 4.06. The van der Waals surface area contributed by atoms with E-state index in [0.717, 1.165) is 32.1 Å². The number of rotatable bonds is 7. The molecule has 1 heterocycles. The zero-order valence-electron chi connectivity index (χ0n) is 13.4. The van der Waals surface area contributed by atoms with Crippen molar-refractivity contribution in [1.29, 1.82) is 0 Å². The highest BCUT2D eigenvalue weighted by Gasteiger charge is 2.20. The fraction of sp³-hybridized carbons (Fsp3) is 0.625. The Balaban J connectivity index is 1.73. The number of nitro groups is 1. The van der Waals surface area contributed by atoms with Crippen molar-refractivity contribution < 1.29 is 9.66 Å². The molecule has 2 rings (SSSR count). The van der Waals surface area contributed by atoms with E-state index in [9.17, 15) is 10.1 Å². The van der Waals surface area contributed by atoms with Gasteiger partial charge < -0.3 is 9.64 Å². The van der Waals surface area contributed by atoms with E-state index in [-0.39, 0.29) is 5.69 Å². The first kappa shape index (κ1) is 16.7. The molecule has 0 spiro atoms. The van der Waals surface area contributed by atoms with Crippen molar-refractivity contribution in [3.63, 3.8) is 0 Å². The monoisotopic (exact) mass is 307 g/mol. The van der Waals surface area contributed by atoms with Crippen LogP contribution in [0.3, 0.4) is 0 Å². The van der Waals surface area contributed by atoms with Gasteiger partial charge in [-0.1, -0.05) is 12.1 Å². The van der Waals surface area contributed by atoms with Crippen molar-refractivity contribution >= 4 is 5.69 Å². The number of piperidine rings is 1. The highest BCUT2D eigenvalue weighted by molar-refractivity contribution is 5.45. The van der Waals surface area contributed by atoms with Crippen LogP contribution in [-0.4, -0.2) is 61.6 Å². The second kappa shape index (κ2) is 8.10. The third-order valence-electron chi connectivity index (χ3n) is 4.06. The summed E-state index contributed by atoms with van der Waals surface area (Å²) in [4.78, 5) is 15.1. The Morgan fingerprint density at radius 2 is 2.00 bits per heavy atom. The Morgan fingerprint density at radius 3 is 2.64 bits per heavy atom. The first-order chi connectivity index (χ1) is 10.6. The molecular formula is C16H25N3O3. The Kier molecular flexibility index (Phi) is 6.15. The molecule has 1 aliphatic rings. The summed E-state index contributed by atoms with van der Waals surface area (Å²) in [6.07, 6.45) is 2.42. The number of hydrogen-bond acceptors (Lipinski definition) is 5. The first-order valence-electron chi connectivity index (χ1n) is 7.79. The minimum absolute atomic E-state index is 0.0344. The fourth-order valence-electron chi connectivity index (χ4n) is 2.92. The summed E-state index contributed by atoms with van der Waals surface area (Å²) in [6, 6.07) is 6.54. The smallest absolute Gasteiger partial charge is 0.310 e. The number of para-hydroxylation sites is 2. The van der Waals surface area contributed by atoms with Crippen LogP contribution in [0.25, 0.3) is 0 Å². The molecule has 0 unspecified atom stereocenters. The van der Waals surface area contributed by atoms with E-state index in [4.69, 9.17) is 4.74 Å². The Morgan fingerprint density at radius 1 is 1.32 bits per heavy atom. The number of nitro benzene ring substituents is 1. The molecule has 22 heavy (non-hydrogen) atoms. The maximum Gasteiger partial charge on any atom is 0.310 e. The van der Waals surface area contributed by atoms with Crippen molar-refractivity contribution in [2.45, 2.75) is 12.8 Å². The normalized spacial score (nSPS) is 16.9. The molecule has 6 nitrogen and oxygen atoms in total. The maximum absolute atomic E-state index is 10.9. The van der Waals surface area contributed by atoms with Crippen LogP contribution < -0.4 is 4.74 Å². The van der Waals surface area contributed by atoms with Gasteiger partial charge in [0, 0.05) is 19.2 Å². The molecule has 0 radical (unpaired) electrons. The molecule has 1 aromatic carbocycles. The van der Waals surface area contributed by atoms with Gasteiger partial charge in [0.15, 0.2) is 5.75 Å². The highest BCUT2D eigenvalue weighted by Crippen LogP contribution is 2.25. The minimum Gasteiger partial charge on any atom is -0.485 e. The lowest BCUT2D eigenvalue weighted by atomic mass is 9.96. The molecular weight excluding hydrogens is 282 g/mol. The van der Waals surface area contributed by atoms with Gasteiger partial charge in [0.2, 0.25) is 0 Å². The van der Waals surface area contributed by atoms with Gasteiger partial charge in [0.1, 0.15) is 6.61 Å². The fourth-order valence-corrected chi connectivity index (χ4v) is 2.92. The van der Waals surface area contributed by atoms with E-state index >= 15 is 0 Å². The number of benzene rings is 1. The zero-order chi connectivity index (χ0) is 15.9. The lowest BCUT2D eigenvalue weighted by Gasteiger charge is -2.33. The standard InChI is InChI=1S/C16H25N3O3/c1-17(2)13-14-7-9-18(10-8-14)11-12-22-16-6-4-3-5-15(16)19(20)21/h3-6,14H,7-13H2,1-2H3. The molecule has 1 aromatic rings. The van der Waals surface area contributed by atoms with Crippen LogP contribution in [0.4, 0.5) is 5.69 Å². The molecule has 1 saturated heterocycles. The second-order valence-electron chi connectivity index (χ2n) is 6.12. The van der Waals surface area contributed by atoms with Crippen LogP contribution in [0.5, 0.6) is 5.75 Å². The van der Waals surface area contributed by atoms with Crippen molar-refractivity contribution in [2.75, 3.05) is 46.9 Å². The van der Waals surface area contributed by atoms with E-state index in [1.165, 1.54) is 18.9 Å². The van der Waals surface area contributed by atoms with Gasteiger partial charge in [-0.3, -0.25) is 15.0 Å². The molecule has 0 N–H and O–H groups in total. The Bertz CT molecular complexity index is 485. The van der Waals surface area contributed by atoms with Gasteiger partial charge in [-0.15, -0.1) is 0 Å². The summed E-state index contributed by atoms with van der Waals surface area (Å²) in [5.74, 6) is 1.14. The molecule has 0 saturated carbocycles. The average molecular weight is 307 g/mol. The van der Waals surface area contributed by atoms with Crippen LogP contribution in [0.2, 0.25) is 0 Å². The van der Waals surface area contributed by atoms with Crippen molar-refractivity contribution in [2.24, 2.45) is 5.92 Å². The second-order valence-corrected chi connectivity index (χ2v) is 6.12. The van der Waals surface area contributed by atoms with Crippen molar-refractivity contribution in [1.82, 2.24) is 9.80 Å². The summed E-state index contributed by atoms with van der Waals surface area (Å²) < 4.78 is 5.60. The highest BCUT2D eigenvalue weighted by atomic mass is 16.6. The largest absolute Gasteiger partial charge is 0.485 e. The summed E-state index contributed by atoms with van der Waals surface area (Å²) in [5, 5.41) is 10.9. The van der Waals surface area contributed by atoms with E-state index in [0.29, 0.717) is 12.4 Å². The van der Waals surface area contributed by atoms with Crippen LogP contribution >= 0.6 is 0 Å². The third kappa shape index (κ3) is 4.96. The molecule has 1 aliphatic heterocycles. The van der Waals surface area contributed by atoms with Crippen LogP contribution in [0.1, 0.15) is 12.8 Å². The predicted octanol–water partition coefficient (Wildman–Crippen LogP) is 2.25. The van der Waals surface area contributed by atoms with Crippen LogP contribution in [0, 0.1) is 16.0 Å². The molecule has 1 fully saturated rings. The minimum atomic E-state index is -0.401. The van der Waals surface area contributed by atoms with E-state index in [1.54, 1.807) is 18.2 Å². The van der Waals surface area contributed by atoms with Crippen molar-refractivity contribution in [3.8, 4) is 5.75 Å². The number of likely N-dealkylation sites (tertiary alicyclic amines) is 1. The molecule has 0 bridgehead atoms. The average Bonchev–Trinajstić information content (AvgIpc) is 2.49. The topological polar surface area (TPSA) is 58.8 Å². The molecule has 0 atom stereocenters. The van der Waals surface area contributed by atoms with Crippen molar-refractivity contribution in [3.05, 3.63) is 34.4 Å². The van der Waals surface area contributed by atoms with Crippen LogP contribution in [-0.2, 0) is 0 Å². The number of hydrogen-bond donors (Lipinski definition) is 0. The summed E-state index contributed by atoms with van der Waals surface area (Å²) >= 11 is 0. The zero-order valence-corrected chi connectivity index (χ0v) is 13.4. The quantitative estimate of drug-likeness (QED) is 0.571. The van der Waals surface area contributed by atoms with Crippen LogP contribution in [0.15, 0.2) is 24.3 Å². The molecule has 0 amide bonds. The lowest BCUT2D eigenvalue weighted by molar-refractivity contribution is -0.385. The molecule has 0 aromatic heterocycles. The Labute approximate surface area is 131 Å². The summed E-state index contributed by atoms with van der Waals surface area (Å²) in [6.45, 7) is 4.63. The van der Waals surface area contributed by atoms with E-state index < -0.39 is 4.92 Å². The van der Waals surface area contributed by atoms with Gasteiger partial charge in [-0.25, -0.2) is 0 Å². The molecule has 6 heteroatoms. The summed E-state index contributed by atoms with van der Waals surface area (Å²) in [5.41, 5.74) is 0.0344. The first-order valence-corrected chi connectivity index (χ1v) is 7.79. The predicted molar refractivity (Wildman–Crippen MR) is 86.3 cm³/mol. The van der Waals surface area contributed by atoms with Gasteiger partial charge in [-0.2, -0.15) is 0 Å². The maximum atomic E-state index is 10.9. The van der Waals surface area contributed by atoms with Gasteiger partial charge >= 0.3 is 5.69 Å². The summed E-state index contributed by atoms with van der Waals surface area (Å²) in [7, 11) is 4.24. The molecule has 122 valence electrons. The SMILES string of the molecule is CN(C)CC1CCN(CCOc2ccccc2[N+](=O)[O-])CC1. The van der Waals surface area contributed by atoms with Gasteiger partial charge in [0.25, 0.3) is 0 Å².